The van der Waals surface area contributed by atoms with Crippen LogP contribution in [0.4, 0.5) is 0 Å². The molecule has 42 heavy (non-hydrogen) atoms. The van der Waals surface area contributed by atoms with Gasteiger partial charge in [0.15, 0.2) is 5.96 Å². The van der Waals surface area contributed by atoms with Gasteiger partial charge in [-0.1, -0.05) is 54.4 Å². The maximum absolute atomic E-state index is 13.2. The zero-order chi connectivity index (χ0) is 31.7. The van der Waals surface area contributed by atoms with Crippen molar-refractivity contribution in [3.8, 4) is 0 Å². The van der Waals surface area contributed by atoms with Crippen LogP contribution in [0.15, 0.2) is 4.99 Å². The molecule has 1 saturated heterocycles. The van der Waals surface area contributed by atoms with Crippen LogP contribution in [0.1, 0.15) is 113 Å². The average molecular weight is 595 g/mol. The van der Waals surface area contributed by atoms with Gasteiger partial charge in [0.2, 0.25) is 17.7 Å². The van der Waals surface area contributed by atoms with Crippen LogP contribution in [0.25, 0.3) is 0 Å². The smallest absolute Gasteiger partial charge is 0.328 e. The van der Waals surface area contributed by atoms with Crippen molar-refractivity contribution in [3.63, 3.8) is 0 Å². The normalized spacial score (nSPS) is 23.6. The number of rotatable bonds is 15. The first-order valence-corrected chi connectivity index (χ1v) is 16.1. The molecule has 0 aromatic heterocycles. The van der Waals surface area contributed by atoms with Crippen molar-refractivity contribution < 1.29 is 23.9 Å². The van der Waals surface area contributed by atoms with E-state index in [0.717, 1.165) is 45.2 Å². The van der Waals surface area contributed by atoms with Gasteiger partial charge in [0.25, 0.3) is 0 Å². The number of hydrogen-bond acceptors (Lipinski definition) is 6. The summed E-state index contributed by atoms with van der Waals surface area (Å²) in [5.41, 5.74) is 6.19. The van der Waals surface area contributed by atoms with E-state index >= 15 is 0 Å². The van der Waals surface area contributed by atoms with Gasteiger partial charge in [-0.2, -0.15) is 0 Å². The molecule has 0 aromatic rings. The molecule has 0 saturated carbocycles. The third kappa shape index (κ3) is 13.9. The first-order chi connectivity index (χ1) is 19.9. The molecular weight excluding hydrogens is 536 g/mol. The van der Waals surface area contributed by atoms with Crippen molar-refractivity contribution in [1.82, 2.24) is 20.9 Å². The van der Waals surface area contributed by atoms with Gasteiger partial charge in [0.05, 0.1) is 6.42 Å². The number of amides is 3. The number of esters is 1. The number of ether oxygens (including phenoxy) is 1. The molecule has 0 bridgehead atoms. The fourth-order valence-electron chi connectivity index (χ4n) is 5.00. The Kier molecular flexibility index (Phi) is 17.8. The summed E-state index contributed by atoms with van der Waals surface area (Å²) in [4.78, 5) is 59.2. The van der Waals surface area contributed by atoms with E-state index in [1.807, 2.05) is 20.8 Å². The maximum atomic E-state index is 13.2. The van der Waals surface area contributed by atoms with E-state index in [2.05, 4.69) is 46.6 Å². The topological polar surface area (TPSA) is 155 Å². The standard InChI is InChI=1S/C31H58N6O5/c1-8-11-14-22(6)26-20-27(38)35-24(15-12-13-16-33-31(32)37(17-9-2)18-10-3)29(40)34-23(7)28(39)36-25(19-21(4)5)30(41)42-26/h21-26H,8-20H2,1-7H3,(H2,32,33)(H,34,40)(H,35,38)(H,36,39). The highest BCUT2D eigenvalue weighted by molar-refractivity contribution is 5.93. The SMILES string of the molecule is CCCCC(C)C1CC(=O)NC(CCCCN=C(N)N(CCC)CCC)C(=O)NC(C)C(=O)NC(CC(C)C)C(=O)O1. The molecule has 11 nitrogen and oxygen atoms in total. The molecule has 1 aliphatic heterocycles. The number of unbranched alkanes of at least 4 members (excludes halogenated alkanes) is 2. The number of nitrogens with one attached hydrogen (secondary N) is 3. The van der Waals surface area contributed by atoms with E-state index in [9.17, 15) is 19.2 Å². The highest BCUT2D eigenvalue weighted by Gasteiger charge is 2.33. The van der Waals surface area contributed by atoms with Crippen molar-refractivity contribution in [2.24, 2.45) is 22.6 Å². The number of hydrogen-bond donors (Lipinski definition) is 4. The largest absolute Gasteiger partial charge is 0.460 e. The summed E-state index contributed by atoms with van der Waals surface area (Å²) in [5.74, 6) is -1.24. The monoisotopic (exact) mass is 594 g/mol. The number of aliphatic imine (C=N–C) groups is 1. The minimum absolute atomic E-state index is 0.0518. The fourth-order valence-corrected chi connectivity index (χ4v) is 5.00. The van der Waals surface area contributed by atoms with Crippen molar-refractivity contribution in [2.45, 2.75) is 137 Å². The van der Waals surface area contributed by atoms with E-state index in [1.54, 1.807) is 6.92 Å². The summed E-state index contributed by atoms with van der Waals surface area (Å²) in [6.45, 7) is 16.0. The summed E-state index contributed by atoms with van der Waals surface area (Å²) < 4.78 is 5.89. The zero-order valence-corrected chi connectivity index (χ0v) is 27.2. The number of carbonyl (C=O) groups is 4. The molecule has 0 aliphatic carbocycles. The minimum atomic E-state index is -0.896. The first-order valence-electron chi connectivity index (χ1n) is 16.1. The third-order valence-corrected chi connectivity index (χ3v) is 7.50. The van der Waals surface area contributed by atoms with Gasteiger partial charge in [-0.15, -0.1) is 0 Å². The molecule has 11 heteroatoms. The molecule has 1 rings (SSSR count). The second-order valence-electron chi connectivity index (χ2n) is 12.1. The number of carbonyl (C=O) groups excluding carboxylic acids is 4. The molecule has 0 radical (unpaired) electrons. The lowest BCUT2D eigenvalue weighted by atomic mass is 9.95. The van der Waals surface area contributed by atoms with E-state index in [0.29, 0.717) is 38.2 Å². The van der Waals surface area contributed by atoms with Gasteiger partial charge in [0, 0.05) is 19.6 Å². The molecule has 242 valence electrons. The Balaban J connectivity index is 3.06. The maximum Gasteiger partial charge on any atom is 0.328 e. The van der Waals surface area contributed by atoms with Crippen LogP contribution in [0, 0.1) is 11.8 Å². The van der Waals surface area contributed by atoms with Crippen molar-refractivity contribution >= 4 is 29.7 Å². The van der Waals surface area contributed by atoms with Crippen LogP contribution < -0.4 is 21.7 Å². The molecule has 1 fully saturated rings. The molecule has 1 aliphatic rings. The van der Waals surface area contributed by atoms with Crippen LogP contribution in [0.3, 0.4) is 0 Å². The summed E-state index contributed by atoms with van der Waals surface area (Å²) in [6.07, 6.45) is 6.04. The Morgan fingerprint density at radius 3 is 2.19 bits per heavy atom. The molecule has 1 heterocycles. The van der Waals surface area contributed by atoms with Crippen LogP contribution >= 0.6 is 0 Å². The number of nitrogens with two attached hydrogens (primary N) is 1. The van der Waals surface area contributed by atoms with Gasteiger partial charge >= 0.3 is 5.97 Å². The predicted molar refractivity (Wildman–Crippen MR) is 167 cm³/mol. The highest BCUT2D eigenvalue weighted by Crippen LogP contribution is 2.21. The van der Waals surface area contributed by atoms with Gasteiger partial charge in [-0.25, -0.2) is 4.79 Å². The molecule has 0 spiro atoms. The second-order valence-corrected chi connectivity index (χ2v) is 12.1. The first kappa shape index (κ1) is 37.2. The van der Waals surface area contributed by atoms with Crippen molar-refractivity contribution in [3.05, 3.63) is 0 Å². The summed E-state index contributed by atoms with van der Waals surface area (Å²) in [5, 5.41) is 8.34. The lowest BCUT2D eigenvalue weighted by Crippen LogP contribution is -2.54. The number of cyclic esters (lactones) is 1. The van der Waals surface area contributed by atoms with Crippen LogP contribution in [-0.2, 0) is 23.9 Å². The Morgan fingerprint density at radius 2 is 1.60 bits per heavy atom. The van der Waals surface area contributed by atoms with E-state index in [1.165, 1.54) is 0 Å². The third-order valence-electron chi connectivity index (χ3n) is 7.50. The average Bonchev–Trinajstić information content (AvgIpc) is 2.93. The van der Waals surface area contributed by atoms with Crippen LogP contribution in [-0.4, -0.2) is 78.4 Å². The van der Waals surface area contributed by atoms with E-state index in [-0.39, 0.29) is 24.2 Å². The van der Waals surface area contributed by atoms with Crippen molar-refractivity contribution in [2.75, 3.05) is 19.6 Å². The molecule has 5 unspecified atom stereocenters. The van der Waals surface area contributed by atoms with E-state index < -0.39 is 42.0 Å². The Morgan fingerprint density at radius 1 is 0.929 bits per heavy atom. The summed E-state index contributed by atoms with van der Waals surface area (Å²) >= 11 is 0. The quantitative estimate of drug-likeness (QED) is 0.0982. The van der Waals surface area contributed by atoms with Crippen LogP contribution in [0.2, 0.25) is 0 Å². The zero-order valence-electron chi connectivity index (χ0n) is 27.2. The fraction of sp³-hybridized carbons (Fsp3) is 0.839. The predicted octanol–water partition coefficient (Wildman–Crippen LogP) is 3.26. The number of guanidine groups is 1. The number of nitrogens with zero attached hydrogens (tertiary/aromatic N) is 2. The summed E-state index contributed by atoms with van der Waals surface area (Å²) in [6, 6.07) is -2.59. The van der Waals surface area contributed by atoms with Gasteiger partial charge in [0.1, 0.15) is 24.2 Å². The lowest BCUT2D eigenvalue weighted by Gasteiger charge is -2.27. The molecular formula is C31H58N6O5. The van der Waals surface area contributed by atoms with Gasteiger partial charge < -0.3 is 31.3 Å². The highest BCUT2D eigenvalue weighted by atomic mass is 16.5. The molecule has 0 aromatic carbocycles. The minimum Gasteiger partial charge on any atom is -0.460 e. The Hall–Kier alpha value is -2.85. The van der Waals surface area contributed by atoms with Gasteiger partial charge in [-0.05, 0) is 63.7 Å². The lowest BCUT2D eigenvalue weighted by molar-refractivity contribution is -0.157. The molecule has 3 amide bonds. The second kappa shape index (κ2) is 20.1. The van der Waals surface area contributed by atoms with E-state index in [4.69, 9.17) is 10.5 Å². The van der Waals surface area contributed by atoms with Crippen molar-refractivity contribution in [1.29, 1.82) is 0 Å². The van der Waals surface area contributed by atoms with Crippen LogP contribution in [0.5, 0.6) is 0 Å². The summed E-state index contributed by atoms with van der Waals surface area (Å²) in [7, 11) is 0. The molecule has 5 atom stereocenters. The Bertz CT molecular complexity index is 874. The van der Waals surface area contributed by atoms with Gasteiger partial charge in [-0.3, -0.25) is 19.4 Å². The molecule has 5 N–H and O–H groups in total. The Labute approximate surface area is 253 Å².